The third-order valence-electron chi connectivity index (χ3n) is 4.90. The van der Waals surface area contributed by atoms with Gasteiger partial charge in [0.15, 0.2) is 0 Å². The van der Waals surface area contributed by atoms with Crippen molar-refractivity contribution in [2.75, 3.05) is 4.72 Å². The number of aryl methyl sites for hydroxylation is 4. The van der Waals surface area contributed by atoms with E-state index in [1.165, 1.54) is 0 Å². The van der Waals surface area contributed by atoms with Crippen LogP contribution >= 0.6 is 0 Å². The molecular formula is C22H22N4O2S. The van der Waals surface area contributed by atoms with Crippen molar-refractivity contribution >= 4 is 21.5 Å². The molecule has 2 heterocycles. The number of anilines is 1. The fourth-order valence-electron chi connectivity index (χ4n) is 3.80. The second kappa shape index (κ2) is 7.00. The lowest BCUT2D eigenvalue weighted by atomic mass is 10.1. The highest BCUT2D eigenvalue weighted by atomic mass is 32.2. The number of nitrogens with one attached hydrogen (secondary N) is 1. The number of hydrogen-bond acceptors (Lipinski definition) is 4. The zero-order chi connectivity index (χ0) is 20.8. The monoisotopic (exact) mass is 406 g/mol. The SMILES string of the molecule is Cc1cc(C)c(S(=O)(=O)Nc2cccc(-c3nc4ncccn4c3C)c2)c(C)c1. The molecule has 0 saturated carbocycles. The summed E-state index contributed by atoms with van der Waals surface area (Å²) >= 11 is 0. The Labute approximate surface area is 170 Å². The lowest BCUT2D eigenvalue weighted by Crippen LogP contribution is -2.16. The van der Waals surface area contributed by atoms with E-state index in [2.05, 4.69) is 14.7 Å². The maximum Gasteiger partial charge on any atom is 0.262 e. The van der Waals surface area contributed by atoms with Crippen molar-refractivity contribution in [3.63, 3.8) is 0 Å². The third kappa shape index (κ3) is 3.49. The standard InChI is InChI=1S/C22H22N4O2S/c1-14-11-15(2)21(16(3)12-14)29(27,28)25-19-8-5-7-18(13-19)20-17(4)26-10-6-9-23-22(26)24-20/h5-13,25H,1-4H3. The van der Waals surface area contributed by atoms with Crippen LogP contribution in [-0.2, 0) is 10.0 Å². The largest absolute Gasteiger partial charge is 0.288 e. The molecule has 0 radical (unpaired) electrons. The lowest BCUT2D eigenvalue weighted by molar-refractivity contribution is 0.600. The molecule has 4 rings (SSSR count). The van der Waals surface area contributed by atoms with Gasteiger partial charge >= 0.3 is 0 Å². The second-order valence-corrected chi connectivity index (χ2v) is 8.87. The summed E-state index contributed by atoms with van der Waals surface area (Å²) in [6, 6.07) is 12.9. The number of fused-ring (bicyclic) bond motifs is 1. The number of benzene rings is 2. The lowest BCUT2D eigenvalue weighted by Gasteiger charge is -2.14. The van der Waals surface area contributed by atoms with Gasteiger partial charge in [0.2, 0.25) is 5.78 Å². The van der Waals surface area contributed by atoms with Crippen LogP contribution in [0.5, 0.6) is 0 Å². The molecule has 1 N–H and O–H groups in total. The van der Waals surface area contributed by atoms with Crippen molar-refractivity contribution in [3.05, 3.63) is 77.2 Å². The van der Waals surface area contributed by atoms with Crippen LogP contribution in [0.1, 0.15) is 22.4 Å². The Morgan fingerprint density at radius 3 is 2.38 bits per heavy atom. The van der Waals surface area contributed by atoms with E-state index in [1.807, 2.05) is 68.6 Å². The Morgan fingerprint density at radius 2 is 1.69 bits per heavy atom. The van der Waals surface area contributed by atoms with Gasteiger partial charge in [-0.25, -0.2) is 18.4 Å². The quantitative estimate of drug-likeness (QED) is 0.544. The number of aromatic nitrogens is 3. The number of sulfonamides is 1. The van der Waals surface area contributed by atoms with Gasteiger partial charge < -0.3 is 0 Å². The van der Waals surface area contributed by atoms with Crippen LogP contribution in [0.15, 0.2) is 59.8 Å². The Morgan fingerprint density at radius 1 is 0.966 bits per heavy atom. The maximum atomic E-state index is 13.1. The number of hydrogen-bond donors (Lipinski definition) is 1. The van der Waals surface area contributed by atoms with Crippen LogP contribution in [-0.4, -0.2) is 22.8 Å². The molecule has 0 aliphatic carbocycles. The van der Waals surface area contributed by atoms with Crippen molar-refractivity contribution < 1.29 is 8.42 Å². The molecule has 2 aromatic heterocycles. The highest BCUT2D eigenvalue weighted by molar-refractivity contribution is 7.92. The van der Waals surface area contributed by atoms with Crippen molar-refractivity contribution in [2.45, 2.75) is 32.6 Å². The minimum absolute atomic E-state index is 0.321. The highest BCUT2D eigenvalue weighted by Crippen LogP contribution is 2.28. The summed E-state index contributed by atoms with van der Waals surface area (Å²) in [5.41, 5.74) is 5.53. The second-order valence-electron chi connectivity index (χ2n) is 7.25. The molecule has 0 fully saturated rings. The molecule has 0 bridgehead atoms. The topological polar surface area (TPSA) is 76.4 Å². The predicted octanol–water partition coefficient (Wildman–Crippen LogP) is 4.43. The first kappa shape index (κ1) is 19.1. The molecule has 148 valence electrons. The highest BCUT2D eigenvalue weighted by Gasteiger charge is 2.20. The van der Waals surface area contributed by atoms with Crippen LogP contribution in [0.4, 0.5) is 5.69 Å². The predicted molar refractivity (Wildman–Crippen MR) is 115 cm³/mol. The minimum atomic E-state index is -3.71. The molecule has 0 saturated heterocycles. The first-order valence-electron chi connectivity index (χ1n) is 9.27. The van der Waals surface area contributed by atoms with Crippen LogP contribution in [0.25, 0.3) is 17.0 Å². The van der Waals surface area contributed by atoms with Gasteiger partial charge in [-0.1, -0.05) is 29.8 Å². The van der Waals surface area contributed by atoms with E-state index in [1.54, 1.807) is 18.3 Å². The van der Waals surface area contributed by atoms with E-state index in [0.717, 1.165) is 33.6 Å². The molecular weight excluding hydrogens is 384 g/mol. The third-order valence-corrected chi connectivity index (χ3v) is 6.59. The molecule has 0 aliphatic rings. The summed E-state index contributed by atoms with van der Waals surface area (Å²) in [6.45, 7) is 7.56. The molecule has 29 heavy (non-hydrogen) atoms. The number of rotatable bonds is 4. The zero-order valence-corrected chi connectivity index (χ0v) is 17.6. The molecule has 0 unspecified atom stereocenters. The Balaban J connectivity index is 1.74. The number of imidazole rings is 1. The van der Waals surface area contributed by atoms with Gasteiger partial charge in [-0.05, 0) is 57.0 Å². The van der Waals surface area contributed by atoms with Gasteiger partial charge in [-0.15, -0.1) is 0 Å². The minimum Gasteiger partial charge on any atom is -0.288 e. The van der Waals surface area contributed by atoms with Gasteiger partial charge in [-0.2, -0.15) is 0 Å². The summed E-state index contributed by atoms with van der Waals surface area (Å²) in [5.74, 6) is 0.608. The Hall–Kier alpha value is -3.19. The van der Waals surface area contributed by atoms with E-state index in [0.29, 0.717) is 16.4 Å². The summed E-state index contributed by atoms with van der Waals surface area (Å²) in [6.07, 6.45) is 3.60. The molecule has 4 aromatic rings. The average Bonchev–Trinajstić information content (AvgIpc) is 2.97. The van der Waals surface area contributed by atoms with Gasteiger partial charge in [0.1, 0.15) is 0 Å². The van der Waals surface area contributed by atoms with Gasteiger partial charge in [0.05, 0.1) is 10.6 Å². The van der Waals surface area contributed by atoms with E-state index < -0.39 is 10.0 Å². The van der Waals surface area contributed by atoms with Crippen molar-refractivity contribution in [2.24, 2.45) is 0 Å². The van der Waals surface area contributed by atoms with Gasteiger partial charge in [0, 0.05) is 29.3 Å². The summed E-state index contributed by atoms with van der Waals surface area (Å²) < 4.78 is 30.8. The average molecular weight is 407 g/mol. The summed E-state index contributed by atoms with van der Waals surface area (Å²) in [5, 5.41) is 0. The van der Waals surface area contributed by atoms with E-state index in [-0.39, 0.29) is 0 Å². The number of nitrogens with zero attached hydrogens (tertiary/aromatic N) is 3. The Bertz CT molecular complexity index is 1320. The molecule has 0 spiro atoms. The first-order valence-corrected chi connectivity index (χ1v) is 10.8. The maximum absolute atomic E-state index is 13.1. The van der Waals surface area contributed by atoms with Crippen LogP contribution < -0.4 is 4.72 Å². The van der Waals surface area contributed by atoms with Crippen LogP contribution in [0.3, 0.4) is 0 Å². The smallest absolute Gasteiger partial charge is 0.262 e. The Kier molecular flexibility index (Phi) is 4.62. The van der Waals surface area contributed by atoms with E-state index in [9.17, 15) is 8.42 Å². The fourth-order valence-corrected chi connectivity index (χ4v) is 5.31. The molecule has 6 nitrogen and oxygen atoms in total. The summed E-state index contributed by atoms with van der Waals surface area (Å²) in [7, 11) is -3.71. The molecule has 0 atom stereocenters. The van der Waals surface area contributed by atoms with E-state index in [4.69, 9.17) is 0 Å². The van der Waals surface area contributed by atoms with Crippen LogP contribution in [0.2, 0.25) is 0 Å². The van der Waals surface area contributed by atoms with E-state index >= 15 is 0 Å². The normalized spacial score (nSPS) is 11.7. The first-order chi connectivity index (χ1) is 13.8. The van der Waals surface area contributed by atoms with Crippen LogP contribution in [0, 0.1) is 27.7 Å². The zero-order valence-electron chi connectivity index (χ0n) is 16.8. The van der Waals surface area contributed by atoms with Crippen molar-refractivity contribution in [1.29, 1.82) is 0 Å². The summed E-state index contributed by atoms with van der Waals surface area (Å²) in [4.78, 5) is 9.19. The van der Waals surface area contributed by atoms with Crippen molar-refractivity contribution in [3.8, 4) is 11.3 Å². The van der Waals surface area contributed by atoms with Crippen molar-refractivity contribution in [1.82, 2.24) is 14.4 Å². The molecule has 0 aliphatic heterocycles. The molecule has 7 heteroatoms. The van der Waals surface area contributed by atoms with Gasteiger partial charge in [0.25, 0.3) is 10.0 Å². The fraction of sp³-hybridized carbons (Fsp3) is 0.182. The molecule has 2 aromatic carbocycles. The van der Waals surface area contributed by atoms with Gasteiger partial charge in [-0.3, -0.25) is 9.12 Å². The molecule has 0 amide bonds.